The maximum atomic E-state index is 8.30. The van der Waals surface area contributed by atoms with Crippen molar-refractivity contribution in [3.05, 3.63) is 35.9 Å². The molecule has 0 aliphatic heterocycles. The highest BCUT2D eigenvalue weighted by molar-refractivity contribution is 5.50. The lowest BCUT2D eigenvalue weighted by atomic mass is 10.2. The van der Waals surface area contributed by atoms with E-state index in [-0.39, 0.29) is 6.61 Å². The van der Waals surface area contributed by atoms with E-state index in [1.165, 1.54) is 0 Å². The molecule has 72 valence electrons. The van der Waals surface area contributed by atoms with Crippen LogP contribution in [0.2, 0.25) is 0 Å². The quantitative estimate of drug-likeness (QED) is 0.780. The molecule has 0 saturated carbocycles. The van der Waals surface area contributed by atoms with Gasteiger partial charge in [-0.1, -0.05) is 24.3 Å². The molecular weight excluding hydrogens is 176 g/mol. The lowest BCUT2D eigenvalue weighted by molar-refractivity contribution is 0.368. The standard InChI is InChI=1S/C11H12N2O/c12-7-1-2-10-3-5-11(6-4-10)14-9-8-13/h1-6H,7,9,12H2. The summed E-state index contributed by atoms with van der Waals surface area (Å²) >= 11 is 0. The fourth-order valence-corrected chi connectivity index (χ4v) is 0.995. The van der Waals surface area contributed by atoms with Crippen molar-refractivity contribution < 1.29 is 4.74 Å². The molecule has 0 radical (unpaired) electrons. The highest BCUT2D eigenvalue weighted by Crippen LogP contribution is 2.12. The van der Waals surface area contributed by atoms with Crippen molar-refractivity contribution in [1.29, 1.82) is 5.26 Å². The molecule has 0 amide bonds. The van der Waals surface area contributed by atoms with Crippen LogP contribution < -0.4 is 10.5 Å². The summed E-state index contributed by atoms with van der Waals surface area (Å²) in [6.45, 7) is 0.616. The zero-order valence-corrected chi connectivity index (χ0v) is 7.81. The second kappa shape index (κ2) is 5.79. The van der Waals surface area contributed by atoms with E-state index in [1.54, 1.807) is 0 Å². The first kappa shape index (κ1) is 10.3. The molecule has 0 saturated heterocycles. The average Bonchev–Trinajstić information content (AvgIpc) is 2.25. The highest BCUT2D eigenvalue weighted by Gasteiger charge is 1.91. The van der Waals surface area contributed by atoms with Gasteiger partial charge in [-0.2, -0.15) is 5.26 Å². The van der Waals surface area contributed by atoms with E-state index in [4.69, 9.17) is 15.7 Å². The van der Waals surface area contributed by atoms with E-state index < -0.39 is 0 Å². The Balaban J connectivity index is 2.60. The van der Waals surface area contributed by atoms with Crippen molar-refractivity contribution in [3.8, 4) is 11.8 Å². The van der Waals surface area contributed by atoms with Gasteiger partial charge >= 0.3 is 0 Å². The van der Waals surface area contributed by atoms with Crippen LogP contribution >= 0.6 is 0 Å². The molecule has 2 N–H and O–H groups in total. The number of nitrogens with two attached hydrogens (primary N) is 1. The smallest absolute Gasteiger partial charge is 0.174 e. The number of rotatable bonds is 4. The SMILES string of the molecule is N#CCOc1ccc(C=CCN)cc1. The van der Waals surface area contributed by atoms with Gasteiger partial charge in [0.1, 0.15) is 11.8 Å². The Hall–Kier alpha value is -1.79. The summed E-state index contributed by atoms with van der Waals surface area (Å²) in [4.78, 5) is 0. The van der Waals surface area contributed by atoms with Crippen LogP contribution in [0.1, 0.15) is 5.56 Å². The highest BCUT2D eigenvalue weighted by atomic mass is 16.5. The fraction of sp³-hybridized carbons (Fsp3) is 0.182. The monoisotopic (exact) mass is 188 g/mol. The maximum Gasteiger partial charge on any atom is 0.174 e. The molecule has 0 aliphatic carbocycles. The number of hydrogen-bond donors (Lipinski definition) is 1. The van der Waals surface area contributed by atoms with Gasteiger partial charge in [0.15, 0.2) is 6.61 Å². The molecular formula is C11H12N2O. The van der Waals surface area contributed by atoms with Crippen LogP contribution in [0.4, 0.5) is 0 Å². The van der Waals surface area contributed by atoms with Crippen LogP contribution in [-0.4, -0.2) is 13.2 Å². The van der Waals surface area contributed by atoms with Gasteiger partial charge < -0.3 is 10.5 Å². The molecule has 1 rings (SSSR count). The van der Waals surface area contributed by atoms with Crippen molar-refractivity contribution in [2.24, 2.45) is 5.73 Å². The molecule has 14 heavy (non-hydrogen) atoms. The Morgan fingerprint density at radius 1 is 1.36 bits per heavy atom. The van der Waals surface area contributed by atoms with Gasteiger partial charge in [0.25, 0.3) is 0 Å². The summed E-state index contributed by atoms with van der Waals surface area (Å²) in [5.41, 5.74) is 6.39. The lowest BCUT2D eigenvalue weighted by Gasteiger charge is -2.00. The van der Waals surface area contributed by atoms with Gasteiger partial charge in [0.2, 0.25) is 0 Å². The Morgan fingerprint density at radius 2 is 2.07 bits per heavy atom. The van der Waals surface area contributed by atoms with E-state index in [2.05, 4.69) is 0 Å². The third-order valence-electron chi connectivity index (χ3n) is 1.63. The van der Waals surface area contributed by atoms with E-state index in [9.17, 15) is 0 Å². The topological polar surface area (TPSA) is 59.0 Å². The number of nitriles is 1. The minimum Gasteiger partial charge on any atom is -0.479 e. The molecule has 1 aromatic carbocycles. The molecule has 0 heterocycles. The molecule has 3 nitrogen and oxygen atoms in total. The number of ether oxygens (including phenoxy) is 1. The summed E-state index contributed by atoms with van der Waals surface area (Å²) in [5, 5.41) is 8.30. The first-order chi connectivity index (χ1) is 6.86. The maximum absolute atomic E-state index is 8.30. The van der Waals surface area contributed by atoms with Gasteiger partial charge in [-0.25, -0.2) is 0 Å². The van der Waals surface area contributed by atoms with Crippen molar-refractivity contribution in [1.82, 2.24) is 0 Å². The molecule has 3 heteroatoms. The Bertz CT molecular complexity index is 335. The Kier molecular flexibility index (Phi) is 4.25. The molecule has 0 aliphatic rings. The fourth-order valence-electron chi connectivity index (χ4n) is 0.995. The van der Waals surface area contributed by atoms with Crippen LogP contribution in [0.3, 0.4) is 0 Å². The van der Waals surface area contributed by atoms with E-state index in [0.29, 0.717) is 12.3 Å². The summed E-state index contributed by atoms with van der Waals surface area (Å²) in [5.74, 6) is 0.705. The predicted molar refractivity (Wildman–Crippen MR) is 55.6 cm³/mol. The summed E-state index contributed by atoms with van der Waals surface area (Å²) < 4.78 is 5.10. The minimum atomic E-state index is 0.0813. The van der Waals surface area contributed by atoms with Crippen LogP contribution in [0.5, 0.6) is 5.75 Å². The van der Waals surface area contributed by atoms with E-state index in [1.807, 2.05) is 42.5 Å². The van der Waals surface area contributed by atoms with E-state index in [0.717, 1.165) is 5.56 Å². The zero-order chi connectivity index (χ0) is 10.2. The van der Waals surface area contributed by atoms with Crippen molar-refractivity contribution in [2.45, 2.75) is 0 Å². The first-order valence-corrected chi connectivity index (χ1v) is 4.33. The van der Waals surface area contributed by atoms with Crippen molar-refractivity contribution in [3.63, 3.8) is 0 Å². The number of benzene rings is 1. The molecule has 0 fully saturated rings. The normalized spacial score (nSPS) is 10.0. The molecule has 0 spiro atoms. The molecule has 0 aromatic heterocycles. The molecule has 0 unspecified atom stereocenters. The summed E-state index contributed by atoms with van der Waals surface area (Å²) in [7, 11) is 0. The third-order valence-corrected chi connectivity index (χ3v) is 1.63. The minimum absolute atomic E-state index is 0.0813. The van der Waals surface area contributed by atoms with Gasteiger partial charge in [0.05, 0.1) is 0 Å². The molecule has 1 aromatic rings. The van der Waals surface area contributed by atoms with Gasteiger partial charge in [0, 0.05) is 6.54 Å². The van der Waals surface area contributed by atoms with Gasteiger partial charge in [-0.3, -0.25) is 0 Å². The average molecular weight is 188 g/mol. The lowest BCUT2D eigenvalue weighted by Crippen LogP contribution is -1.93. The predicted octanol–water partition coefficient (Wildman–Crippen LogP) is 1.56. The summed E-state index contributed by atoms with van der Waals surface area (Å²) in [6, 6.07) is 9.40. The largest absolute Gasteiger partial charge is 0.479 e. The van der Waals surface area contributed by atoms with Crippen molar-refractivity contribution in [2.75, 3.05) is 13.2 Å². The Morgan fingerprint density at radius 3 is 2.64 bits per heavy atom. The number of hydrogen-bond acceptors (Lipinski definition) is 3. The van der Waals surface area contributed by atoms with E-state index >= 15 is 0 Å². The zero-order valence-electron chi connectivity index (χ0n) is 7.81. The number of nitrogens with zero attached hydrogens (tertiary/aromatic N) is 1. The van der Waals surface area contributed by atoms with Gasteiger partial charge in [-0.05, 0) is 17.7 Å². The van der Waals surface area contributed by atoms with Crippen LogP contribution in [0.25, 0.3) is 6.08 Å². The Labute approximate surface area is 83.4 Å². The van der Waals surface area contributed by atoms with Crippen LogP contribution in [0.15, 0.2) is 30.3 Å². The second-order valence-electron chi connectivity index (χ2n) is 2.65. The van der Waals surface area contributed by atoms with Gasteiger partial charge in [-0.15, -0.1) is 0 Å². The first-order valence-electron chi connectivity index (χ1n) is 4.33. The summed E-state index contributed by atoms with van der Waals surface area (Å²) in [6.07, 6.45) is 3.82. The van der Waals surface area contributed by atoms with Crippen molar-refractivity contribution >= 4 is 6.08 Å². The van der Waals surface area contributed by atoms with Crippen LogP contribution in [0, 0.1) is 11.3 Å². The molecule has 0 atom stereocenters. The van der Waals surface area contributed by atoms with Crippen LogP contribution in [-0.2, 0) is 0 Å². The molecule has 0 bridgehead atoms. The third kappa shape index (κ3) is 3.30. The second-order valence-corrected chi connectivity index (χ2v) is 2.65.